The quantitative estimate of drug-likeness (QED) is 0.471. The van der Waals surface area contributed by atoms with Crippen LogP contribution in [0.2, 0.25) is 0 Å². The summed E-state index contributed by atoms with van der Waals surface area (Å²) in [7, 11) is 0. The monoisotopic (exact) mass is 337 g/mol. The van der Waals surface area contributed by atoms with Crippen LogP contribution >= 0.6 is 0 Å². The van der Waals surface area contributed by atoms with Crippen LogP contribution in [-0.4, -0.2) is 16.8 Å². The summed E-state index contributed by atoms with van der Waals surface area (Å²) >= 11 is 0. The minimum Gasteiger partial charge on any atom is -0.494 e. The third kappa shape index (κ3) is 4.76. The molecule has 25 heavy (non-hydrogen) atoms. The van der Waals surface area contributed by atoms with E-state index in [1.807, 2.05) is 48.5 Å². The number of H-pyrrole nitrogens is 1. The molecule has 2 aromatic carbocycles. The standard InChI is InChI=1S/C20H23N3O2/c1-2-3-11-24-18-9-7-15(8-10-18)20-13-17(22-23-20)14-25-19-6-4-5-16(21)12-19/h4-10,12-13H,2-3,11,14,21H2,1H3,(H,22,23). The molecule has 5 heteroatoms. The fraction of sp³-hybridized carbons (Fsp3) is 0.250. The molecular formula is C20H23N3O2. The molecule has 0 aliphatic rings. The Kier molecular flexibility index (Phi) is 5.57. The van der Waals surface area contributed by atoms with Crippen molar-refractivity contribution in [2.75, 3.05) is 12.3 Å². The molecule has 0 unspecified atom stereocenters. The van der Waals surface area contributed by atoms with E-state index in [0.29, 0.717) is 12.3 Å². The van der Waals surface area contributed by atoms with E-state index in [9.17, 15) is 0 Å². The summed E-state index contributed by atoms with van der Waals surface area (Å²) in [4.78, 5) is 0. The Morgan fingerprint density at radius 1 is 1.00 bits per heavy atom. The second-order valence-electron chi connectivity index (χ2n) is 5.87. The van der Waals surface area contributed by atoms with Crippen molar-refractivity contribution < 1.29 is 9.47 Å². The van der Waals surface area contributed by atoms with E-state index in [0.717, 1.165) is 47.9 Å². The lowest BCUT2D eigenvalue weighted by Crippen LogP contribution is -1.96. The minimum absolute atomic E-state index is 0.411. The Labute approximate surface area is 147 Å². The molecule has 0 amide bonds. The molecule has 130 valence electrons. The van der Waals surface area contributed by atoms with Gasteiger partial charge in [0.05, 0.1) is 18.0 Å². The number of ether oxygens (including phenoxy) is 2. The van der Waals surface area contributed by atoms with Gasteiger partial charge < -0.3 is 15.2 Å². The topological polar surface area (TPSA) is 73.2 Å². The van der Waals surface area contributed by atoms with Gasteiger partial charge in [-0.3, -0.25) is 5.10 Å². The van der Waals surface area contributed by atoms with Crippen LogP contribution in [0.1, 0.15) is 25.5 Å². The van der Waals surface area contributed by atoms with Crippen molar-refractivity contribution in [2.24, 2.45) is 0 Å². The molecule has 0 radical (unpaired) electrons. The smallest absolute Gasteiger partial charge is 0.130 e. The van der Waals surface area contributed by atoms with Crippen molar-refractivity contribution in [3.63, 3.8) is 0 Å². The zero-order chi connectivity index (χ0) is 17.5. The van der Waals surface area contributed by atoms with E-state index in [1.165, 1.54) is 0 Å². The highest BCUT2D eigenvalue weighted by Gasteiger charge is 2.05. The summed E-state index contributed by atoms with van der Waals surface area (Å²) in [5.41, 5.74) is 9.25. The van der Waals surface area contributed by atoms with Crippen molar-refractivity contribution in [2.45, 2.75) is 26.4 Å². The number of nitrogens with zero attached hydrogens (tertiary/aromatic N) is 1. The highest BCUT2D eigenvalue weighted by molar-refractivity contribution is 5.60. The van der Waals surface area contributed by atoms with Gasteiger partial charge in [0.25, 0.3) is 0 Å². The number of hydrogen-bond acceptors (Lipinski definition) is 4. The molecule has 0 aliphatic carbocycles. The Morgan fingerprint density at radius 3 is 2.60 bits per heavy atom. The SMILES string of the molecule is CCCCOc1ccc(-c2cc(COc3cccc(N)c3)[nH]n2)cc1. The van der Waals surface area contributed by atoms with E-state index in [-0.39, 0.29) is 0 Å². The second-order valence-corrected chi connectivity index (χ2v) is 5.87. The average Bonchev–Trinajstić information content (AvgIpc) is 3.10. The third-order valence-corrected chi connectivity index (χ3v) is 3.80. The zero-order valence-corrected chi connectivity index (χ0v) is 14.4. The molecule has 0 fully saturated rings. The fourth-order valence-electron chi connectivity index (χ4n) is 2.41. The first-order valence-electron chi connectivity index (χ1n) is 8.50. The summed E-state index contributed by atoms with van der Waals surface area (Å²) in [5, 5.41) is 7.36. The molecule has 0 atom stereocenters. The predicted molar refractivity (Wildman–Crippen MR) is 99.6 cm³/mol. The second kappa shape index (κ2) is 8.24. The fourth-order valence-corrected chi connectivity index (χ4v) is 2.41. The van der Waals surface area contributed by atoms with E-state index in [1.54, 1.807) is 6.07 Å². The van der Waals surface area contributed by atoms with Gasteiger partial charge in [0, 0.05) is 17.3 Å². The van der Waals surface area contributed by atoms with Gasteiger partial charge in [0.1, 0.15) is 18.1 Å². The van der Waals surface area contributed by atoms with E-state index < -0.39 is 0 Å². The number of hydrogen-bond donors (Lipinski definition) is 2. The van der Waals surface area contributed by atoms with Gasteiger partial charge in [0.2, 0.25) is 0 Å². The highest BCUT2D eigenvalue weighted by atomic mass is 16.5. The van der Waals surface area contributed by atoms with Crippen LogP contribution in [0.4, 0.5) is 5.69 Å². The van der Waals surface area contributed by atoms with Crippen LogP contribution in [0.3, 0.4) is 0 Å². The molecule has 0 saturated heterocycles. The summed E-state index contributed by atoms with van der Waals surface area (Å²) < 4.78 is 11.4. The molecule has 3 rings (SSSR count). The molecule has 1 heterocycles. The number of nitrogen functional groups attached to an aromatic ring is 1. The van der Waals surface area contributed by atoms with Gasteiger partial charge in [-0.25, -0.2) is 0 Å². The Balaban J connectivity index is 1.59. The number of anilines is 1. The Hall–Kier alpha value is -2.95. The van der Waals surface area contributed by atoms with Gasteiger partial charge in [-0.2, -0.15) is 5.10 Å². The zero-order valence-electron chi connectivity index (χ0n) is 14.4. The predicted octanol–water partition coefficient (Wildman–Crippen LogP) is 4.42. The summed E-state index contributed by atoms with van der Waals surface area (Å²) in [6.07, 6.45) is 2.20. The van der Waals surface area contributed by atoms with Gasteiger partial charge >= 0.3 is 0 Å². The van der Waals surface area contributed by atoms with Crippen molar-refractivity contribution in [3.8, 4) is 22.8 Å². The van der Waals surface area contributed by atoms with Crippen LogP contribution < -0.4 is 15.2 Å². The van der Waals surface area contributed by atoms with Crippen molar-refractivity contribution >= 4 is 5.69 Å². The maximum atomic E-state index is 5.75. The lowest BCUT2D eigenvalue weighted by Gasteiger charge is -2.05. The number of nitrogens with two attached hydrogens (primary N) is 1. The number of aromatic nitrogens is 2. The van der Waals surface area contributed by atoms with E-state index in [4.69, 9.17) is 15.2 Å². The first-order valence-corrected chi connectivity index (χ1v) is 8.50. The number of nitrogens with one attached hydrogen (secondary N) is 1. The average molecular weight is 337 g/mol. The van der Waals surface area contributed by atoms with Gasteiger partial charge in [-0.15, -0.1) is 0 Å². The summed E-state index contributed by atoms with van der Waals surface area (Å²) in [6.45, 7) is 3.32. The van der Waals surface area contributed by atoms with E-state index >= 15 is 0 Å². The van der Waals surface area contributed by atoms with Crippen LogP contribution in [0, 0.1) is 0 Å². The molecular weight excluding hydrogens is 314 g/mol. The Morgan fingerprint density at radius 2 is 1.84 bits per heavy atom. The number of rotatable bonds is 8. The largest absolute Gasteiger partial charge is 0.494 e. The maximum Gasteiger partial charge on any atom is 0.130 e. The summed E-state index contributed by atoms with van der Waals surface area (Å²) in [6, 6.07) is 17.3. The van der Waals surface area contributed by atoms with Crippen LogP contribution in [0.5, 0.6) is 11.5 Å². The van der Waals surface area contributed by atoms with Crippen molar-refractivity contribution in [3.05, 3.63) is 60.3 Å². The molecule has 1 aromatic heterocycles. The summed E-state index contributed by atoms with van der Waals surface area (Å²) in [5.74, 6) is 1.63. The molecule has 0 aliphatic heterocycles. The normalized spacial score (nSPS) is 10.6. The first kappa shape index (κ1) is 16.9. The van der Waals surface area contributed by atoms with Gasteiger partial charge in [-0.05, 0) is 48.9 Å². The lowest BCUT2D eigenvalue weighted by molar-refractivity contribution is 0.301. The molecule has 0 spiro atoms. The minimum atomic E-state index is 0.411. The first-order chi connectivity index (χ1) is 12.2. The maximum absolute atomic E-state index is 5.75. The molecule has 3 N–H and O–H groups in total. The van der Waals surface area contributed by atoms with Crippen molar-refractivity contribution in [1.29, 1.82) is 0 Å². The van der Waals surface area contributed by atoms with Crippen molar-refractivity contribution in [1.82, 2.24) is 10.2 Å². The van der Waals surface area contributed by atoms with E-state index in [2.05, 4.69) is 17.1 Å². The number of unbranched alkanes of at least 4 members (excludes halogenated alkanes) is 1. The number of aromatic amines is 1. The third-order valence-electron chi connectivity index (χ3n) is 3.80. The molecule has 0 saturated carbocycles. The van der Waals surface area contributed by atoms with Crippen LogP contribution in [0.25, 0.3) is 11.3 Å². The van der Waals surface area contributed by atoms with Crippen LogP contribution in [0.15, 0.2) is 54.6 Å². The molecule has 0 bridgehead atoms. The molecule has 3 aromatic rings. The molecule has 5 nitrogen and oxygen atoms in total. The number of benzene rings is 2. The van der Waals surface area contributed by atoms with Crippen LogP contribution in [-0.2, 0) is 6.61 Å². The Bertz CT molecular complexity index is 797. The van der Waals surface area contributed by atoms with Gasteiger partial charge in [0.15, 0.2) is 0 Å². The highest BCUT2D eigenvalue weighted by Crippen LogP contribution is 2.22. The van der Waals surface area contributed by atoms with Gasteiger partial charge in [-0.1, -0.05) is 19.4 Å². The lowest BCUT2D eigenvalue weighted by atomic mass is 10.1.